The van der Waals surface area contributed by atoms with Crippen molar-refractivity contribution in [2.75, 3.05) is 5.75 Å². The van der Waals surface area contributed by atoms with Gasteiger partial charge in [-0.15, -0.1) is 11.8 Å². The van der Waals surface area contributed by atoms with E-state index in [-0.39, 0.29) is 0 Å². The summed E-state index contributed by atoms with van der Waals surface area (Å²) >= 11 is 1.97. The van der Waals surface area contributed by atoms with Crippen molar-refractivity contribution in [2.45, 2.75) is 57.5 Å². The topological polar surface area (TPSA) is 12.0 Å². The number of rotatable bonds is 6. The molecule has 0 heterocycles. The Kier molecular flexibility index (Phi) is 4.74. The molecule has 18 heavy (non-hydrogen) atoms. The van der Waals surface area contributed by atoms with E-state index in [9.17, 15) is 0 Å². The van der Waals surface area contributed by atoms with Crippen molar-refractivity contribution in [3.8, 4) is 0 Å². The summed E-state index contributed by atoms with van der Waals surface area (Å²) in [5.41, 5.74) is 1.85. The fraction of sp³-hybridized carbons (Fsp3) is 0.625. The normalized spacial score (nSPS) is 15.9. The van der Waals surface area contributed by atoms with Gasteiger partial charge in [-0.3, -0.25) is 0 Å². The maximum atomic E-state index is 3.55. The molecule has 100 valence electrons. The summed E-state index contributed by atoms with van der Waals surface area (Å²) in [6.45, 7) is 7.94. The quantitative estimate of drug-likeness (QED) is 0.760. The summed E-state index contributed by atoms with van der Waals surface area (Å²) in [5.74, 6) is 1.21. The van der Waals surface area contributed by atoms with E-state index >= 15 is 0 Å². The molecule has 0 aliphatic heterocycles. The number of benzene rings is 1. The maximum Gasteiger partial charge on any atom is 0.0208 e. The van der Waals surface area contributed by atoms with Crippen LogP contribution in [0.1, 0.15) is 45.6 Å². The van der Waals surface area contributed by atoms with Gasteiger partial charge in [-0.05, 0) is 48.1 Å². The molecule has 0 radical (unpaired) electrons. The van der Waals surface area contributed by atoms with Gasteiger partial charge in [-0.2, -0.15) is 0 Å². The third-order valence-electron chi connectivity index (χ3n) is 3.22. The zero-order chi connectivity index (χ0) is 13.0. The summed E-state index contributed by atoms with van der Waals surface area (Å²) in [4.78, 5) is 1.40. The molecule has 2 rings (SSSR count). The summed E-state index contributed by atoms with van der Waals surface area (Å²) in [7, 11) is 0. The highest BCUT2D eigenvalue weighted by Crippen LogP contribution is 2.26. The van der Waals surface area contributed by atoms with E-state index in [1.807, 2.05) is 11.8 Å². The van der Waals surface area contributed by atoms with Gasteiger partial charge in [0, 0.05) is 17.5 Å². The molecule has 1 aliphatic rings. The Hall–Kier alpha value is -0.470. The molecule has 1 saturated carbocycles. The van der Waals surface area contributed by atoms with E-state index in [1.54, 1.807) is 0 Å². The van der Waals surface area contributed by atoms with E-state index in [4.69, 9.17) is 0 Å². The molecule has 0 aromatic heterocycles. The van der Waals surface area contributed by atoms with E-state index in [2.05, 4.69) is 50.4 Å². The first-order chi connectivity index (χ1) is 8.53. The molecule has 0 unspecified atom stereocenters. The largest absolute Gasteiger partial charge is 0.310 e. The molecule has 2 heteroatoms. The van der Waals surface area contributed by atoms with Gasteiger partial charge in [0.2, 0.25) is 0 Å². The fourth-order valence-electron chi connectivity index (χ4n) is 1.73. The van der Waals surface area contributed by atoms with Crippen LogP contribution in [0, 0.1) is 5.41 Å². The highest BCUT2D eigenvalue weighted by molar-refractivity contribution is 7.99. The van der Waals surface area contributed by atoms with Gasteiger partial charge < -0.3 is 5.32 Å². The van der Waals surface area contributed by atoms with Crippen LogP contribution in [0.15, 0.2) is 29.2 Å². The molecule has 0 atom stereocenters. The number of thioether (sulfide) groups is 1. The lowest BCUT2D eigenvalue weighted by molar-refractivity contribution is 0.401. The Balaban J connectivity index is 1.72. The molecule has 1 fully saturated rings. The van der Waals surface area contributed by atoms with Crippen LogP contribution >= 0.6 is 11.8 Å². The molecule has 1 aromatic carbocycles. The van der Waals surface area contributed by atoms with Gasteiger partial charge >= 0.3 is 0 Å². The fourth-order valence-corrected chi connectivity index (χ4v) is 3.01. The first kappa shape index (κ1) is 14.0. The van der Waals surface area contributed by atoms with Crippen LogP contribution in [0.25, 0.3) is 0 Å². The molecule has 1 aromatic rings. The van der Waals surface area contributed by atoms with Crippen molar-refractivity contribution in [3.63, 3.8) is 0 Å². The predicted octanol–water partition coefficient (Wildman–Crippen LogP) is 4.47. The zero-order valence-electron chi connectivity index (χ0n) is 11.8. The lowest BCUT2D eigenvalue weighted by atomic mass is 9.94. The SMILES string of the molecule is CC(C)(C)CCSc1ccc(CNC2CC2)cc1. The van der Waals surface area contributed by atoms with Crippen LogP contribution < -0.4 is 5.32 Å². The van der Waals surface area contributed by atoms with Crippen LogP contribution in [-0.2, 0) is 6.54 Å². The zero-order valence-corrected chi connectivity index (χ0v) is 12.6. The summed E-state index contributed by atoms with van der Waals surface area (Å²) in [5, 5.41) is 3.55. The van der Waals surface area contributed by atoms with Gasteiger partial charge in [0.1, 0.15) is 0 Å². The Morgan fingerprint density at radius 3 is 2.39 bits per heavy atom. The second-order valence-electron chi connectivity index (χ2n) is 6.46. The Labute approximate surface area is 116 Å². The monoisotopic (exact) mass is 263 g/mol. The summed E-state index contributed by atoms with van der Waals surface area (Å²) in [6.07, 6.45) is 3.99. The standard InChI is InChI=1S/C16H25NS/c1-16(2,3)10-11-18-15-8-4-13(5-9-15)12-17-14-6-7-14/h4-5,8-9,14,17H,6-7,10-12H2,1-3H3. The van der Waals surface area contributed by atoms with Gasteiger partial charge in [0.05, 0.1) is 0 Å². The predicted molar refractivity (Wildman–Crippen MR) is 81.1 cm³/mol. The van der Waals surface area contributed by atoms with E-state index in [0.29, 0.717) is 5.41 Å². The maximum absolute atomic E-state index is 3.55. The molecule has 1 aliphatic carbocycles. The van der Waals surface area contributed by atoms with E-state index in [1.165, 1.54) is 35.5 Å². The Bertz CT molecular complexity index is 360. The van der Waals surface area contributed by atoms with Gasteiger partial charge in [0.15, 0.2) is 0 Å². The van der Waals surface area contributed by atoms with Crippen LogP contribution in [0.2, 0.25) is 0 Å². The minimum atomic E-state index is 0.446. The second kappa shape index (κ2) is 6.12. The molecule has 0 saturated heterocycles. The molecule has 1 N–H and O–H groups in total. The molecular formula is C16H25NS. The van der Waals surface area contributed by atoms with Gasteiger partial charge in [-0.25, -0.2) is 0 Å². The molecule has 0 bridgehead atoms. The van der Waals surface area contributed by atoms with Crippen molar-refractivity contribution in [1.82, 2.24) is 5.32 Å². The average molecular weight is 263 g/mol. The van der Waals surface area contributed by atoms with Crippen LogP contribution in [0.4, 0.5) is 0 Å². The van der Waals surface area contributed by atoms with E-state index < -0.39 is 0 Å². The average Bonchev–Trinajstić information content (AvgIpc) is 3.10. The second-order valence-corrected chi connectivity index (χ2v) is 7.63. The summed E-state index contributed by atoms with van der Waals surface area (Å²) < 4.78 is 0. The summed E-state index contributed by atoms with van der Waals surface area (Å²) in [6, 6.07) is 9.84. The number of hydrogen-bond acceptors (Lipinski definition) is 2. The Morgan fingerprint density at radius 1 is 1.17 bits per heavy atom. The lowest BCUT2D eigenvalue weighted by Crippen LogP contribution is -2.14. The van der Waals surface area contributed by atoms with Crippen molar-refractivity contribution in [3.05, 3.63) is 29.8 Å². The smallest absolute Gasteiger partial charge is 0.0208 e. The lowest BCUT2D eigenvalue weighted by Gasteiger charge is -2.17. The van der Waals surface area contributed by atoms with Gasteiger partial charge in [-0.1, -0.05) is 32.9 Å². The van der Waals surface area contributed by atoms with Crippen molar-refractivity contribution in [2.24, 2.45) is 5.41 Å². The Morgan fingerprint density at radius 2 is 1.83 bits per heavy atom. The molecular weight excluding hydrogens is 238 g/mol. The highest BCUT2D eigenvalue weighted by atomic mass is 32.2. The van der Waals surface area contributed by atoms with Crippen molar-refractivity contribution >= 4 is 11.8 Å². The minimum Gasteiger partial charge on any atom is -0.310 e. The third-order valence-corrected chi connectivity index (χ3v) is 4.23. The van der Waals surface area contributed by atoms with Crippen LogP contribution in [0.3, 0.4) is 0 Å². The third kappa shape index (κ3) is 5.45. The first-order valence-electron chi connectivity index (χ1n) is 6.98. The number of nitrogens with one attached hydrogen (secondary N) is 1. The van der Waals surface area contributed by atoms with Crippen LogP contribution in [-0.4, -0.2) is 11.8 Å². The molecule has 0 amide bonds. The highest BCUT2D eigenvalue weighted by Gasteiger charge is 2.19. The molecule has 0 spiro atoms. The van der Waals surface area contributed by atoms with Crippen molar-refractivity contribution < 1.29 is 0 Å². The minimum absolute atomic E-state index is 0.446. The van der Waals surface area contributed by atoms with Crippen LogP contribution in [0.5, 0.6) is 0 Å². The molecule has 1 nitrogen and oxygen atoms in total. The van der Waals surface area contributed by atoms with Gasteiger partial charge in [0.25, 0.3) is 0 Å². The first-order valence-corrected chi connectivity index (χ1v) is 7.97. The van der Waals surface area contributed by atoms with Crippen molar-refractivity contribution in [1.29, 1.82) is 0 Å². The number of hydrogen-bond donors (Lipinski definition) is 1. The van der Waals surface area contributed by atoms with E-state index in [0.717, 1.165) is 12.6 Å².